The Morgan fingerprint density at radius 3 is 2.56 bits per heavy atom. The molecule has 0 spiro atoms. The molecule has 2 aromatic carbocycles. The van der Waals surface area contributed by atoms with E-state index in [1.807, 2.05) is 19.1 Å². The minimum absolute atomic E-state index is 0.0716. The van der Waals surface area contributed by atoms with Crippen LogP contribution in [0.2, 0.25) is 5.02 Å². The second-order valence-electron chi connectivity index (χ2n) is 5.40. The highest BCUT2D eigenvalue weighted by Crippen LogP contribution is 2.20. The highest BCUT2D eigenvalue weighted by molar-refractivity contribution is 6.30. The number of benzene rings is 2. The van der Waals surface area contributed by atoms with E-state index >= 15 is 0 Å². The average Bonchev–Trinajstić information content (AvgIpc) is 3.15. The van der Waals surface area contributed by atoms with Gasteiger partial charge in [0.05, 0.1) is 6.04 Å². The molecule has 0 saturated heterocycles. The molecule has 0 radical (unpaired) electrons. The van der Waals surface area contributed by atoms with Crippen LogP contribution in [0, 0.1) is 0 Å². The molecule has 0 aliphatic carbocycles. The van der Waals surface area contributed by atoms with Gasteiger partial charge in [0.2, 0.25) is 12.3 Å². The fourth-order valence-corrected chi connectivity index (χ4v) is 2.39. The van der Waals surface area contributed by atoms with Gasteiger partial charge in [-0.15, -0.1) is 10.2 Å². The molecule has 6 nitrogen and oxygen atoms in total. The first kappa shape index (κ1) is 17.0. The fourth-order valence-electron chi connectivity index (χ4n) is 2.26. The van der Waals surface area contributed by atoms with Crippen molar-refractivity contribution < 1.29 is 13.9 Å². The molecule has 1 aromatic heterocycles. The molecule has 0 saturated carbocycles. The summed E-state index contributed by atoms with van der Waals surface area (Å²) in [5, 5.41) is 11.0. The van der Waals surface area contributed by atoms with Crippen LogP contribution in [0.25, 0.3) is 11.5 Å². The van der Waals surface area contributed by atoms with Gasteiger partial charge in [-0.1, -0.05) is 23.7 Å². The van der Waals surface area contributed by atoms with E-state index in [0.29, 0.717) is 16.7 Å². The van der Waals surface area contributed by atoms with Gasteiger partial charge >= 0.3 is 0 Å². The van der Waals surface area contributed by atoms with Gasteiger partial charge < -0.3 is 14.5 Å². The van der Waals surface area contributed by atoms with E-state index in [-0.39, 0.29) is 18.6 Å². The number of hydrogen-bond donors (Lipinski definition) is 1. The van der Waals surface area contributed by atoms with Crippen molar-refractivity contribution in [1.29, 1.82) is 0 Å². The largest absolute Gasteiger partial charge is 0.484 e. The molecule has 1 heterocycles. The molecular weight excluding hydrogens is 342 g/mol. The van der Waals surface area contributed by atoms with Crippen molar-refractivity contribution in [2.24, 2.45) is 0 Å². The molecule has 1 atom stereocenters. The zero-order valence-corrected chi connectivity index (χ0v) is 14.2. The first-order valence-electron chi connectivity index (χ1n) is 7.66. The molecule has 7 heteroatoms. The van der Waals surface area contributed by atoms with E-state index in [9.17, 15) is 4.79 Å². The topological polar surface area (TPSA) is 77.2 Å². The number of rotatable bonds is 6. The monoisotopic (exact) mass is 357 g/mol. The smallest absolute Gasteiger partial charge is 0.258 e. The maximum absolute atomic E-state index is 12.0. The Morgan fingerprint density at radius 2 is 1.92 bits per heavy atom. The number of halogens is 1. The van der Waals surface area contributed by atoms with E-state index < -0.39 is 0 Å². The Morgan fingerprint density at radius 1 is 1.20 bits per heavy atom. The van der Waals surface area contributed by atoms with Crippen molar-refractivity contribution in [1.82, 2.24) is 15.5 Å². The van der Waals surface area contributed by atoms with Crippen LogP contribution in [0.4, 0.5) is 0 Å². The third kappa shape index (κ3) is 4.58. The lowest BCUT2D eigenvalue weighted by atomic mass is 10.1. The quantitative estimate of drug-likeness (QED) is 0.728. The first-order valence-corrected chi connectivity index (χ1v) is 8.04. The molecule has 3 rings (SSSR count). The molecule has 0 aliphatic heterocycles. The number of aromatic nitrogens is 2. The van der Waals surface area contributed by atoms with Gasteiger partial charge in [0.25, 0.3) is 5.91 Å². The van der Waals surface area contributed by atoms with Crippen molar-refractivity contribution in [3.05, 3.63) is 65.5 Å². The van der Waals surface area contributed by atoms with Gasteiger partial charge in [-0.2, -0.15) is 0 Å². The van der Waals surface area contributed by atoms with E-state index in [1.165, 1.54) is 6.39 Å². The van der Waals surface area contributed by atoms with Crippen molar-refractivity contribution in [2.45, 2.75) is 13.0 Å². The molecule has 0 aliphatic rings. The summed E-state index contributed by atoms with van der Waals surface area (Å²) >= 11 is 5.86. The molecule has 0 fully saturated rings. The SMILES string of the molecule is CC(NC(=O)COc1ccc(-c2nnco2)cc1)c1ccc(Cl)cc1. The van der Waals surface area contributed by atoms with Crippen LogP contribution in [-0.4, -0.2) is 22.7 Å². The number of hydrogen-bond acceptors (Lipinski definition) is 5. The van der Waals surface area contributed by atoms with Gasteiger partial charge in [0.15, 0.2) is 6.61 Å². The maximum Gasteiger partial charge on any atom is 0.258 e. The van der Waals surface area contributed by atoms with Crippen molar-refractivity contribution >= 4 is 17.5 Å². The zero-order chi connectivity index (χ0) is 17.6. The van der Waals surface area contributed by atoms with Crippen LogP contribution in [0.15, 0.2) is 59.3 Å². The Balaban J connectivity index is 1.51. The molecule has 3 aromatic rings. The van der Waals surface area contributed by atoms with Crippen LogP contribution in [-0.2, 0) is 4.79 Å². The number of nitrogens with zero attached hydrogens (tertiary/aromatic N) is 2. The normalized spacial score (nSPS) is 11.8. The van der Waals surface area contributed by atoms with Crippen molar-refractivity contribution in [2.75, 3.05) is 6.61 Å². The first-order chi connectivity index (χ1) is 12.1. The van der Waals surface area contributed by atoms with Gasteiger partial charge in [-0.05, 0) is 48.9 Å². The maximum atomic E-state index is 12.0. The van der Waals surface area contributed by atoms with E-state index in [4.69, 9.17) is 20.8 Å². The number of carbonyl (C=O) groups excluding carboxylic acids is 1. The van der Waals surface area contributed by atoms with Crippen molar-refractivity contribution in [3.8, 4) is 17.2 Å². The predicted octanol–water partition coefficient (Wildman–Crippen LogP) is 3.65. The lowest BCUT2D eigenvalue weighted by Crippen LogP contribution is -2.31. The Labute approximate surface area is 149 Å². The minimum atomic E-state index is -0.205. The summed E-state index contributed by atoms with van der Waals surface area (Å²) in [4.78, 5) is 12.0. The average molecular weight is 358 g/mol. The van der Waals surface area contributed by atoms with Gasteiger partial charge in [-0.3, -0.25) is 4.79 Å². The molecule has 1 amide bonds. The predicted molar refractivity (Wildman–Crippen MR) is 93.2 cm³/mol. The summed E-state index contributed by atoms with van der Waals surface area (Å²) in [6.07, 6.45) is 1.27. The van der Waals surface area contributed by atoms with Gasteiger partial charge in [-0.25, -0.2) is 0 Å². The molecule has 25 heavy (non-hydrogen) atoms. The highest BCUT2D eigenvalue weighted by Gasteiger charge is 2.10. The number of carbonyl (C=O) groups is 1. The zero-order valence-electron chi connectivity index (χ0n) is 13.5. The number of nitrogens with one attached hydrogen (secondary N) is 1. The third-order valence-electron chi connectivity index (χ3n) is 3.58. The number of amides is 1. The van der Waals surface area contributed by atoms with Crippen LogP contribution >= 0.6 is 11.6 Å². The summed E-state index contributed by atoms with van der Waals surface area (Å²) in [5.41, 5.74) is 1.76. The molecular formula is C18H16ClN3O3. The lowest BCUT2D eigenvalue weighted by Gasteiger charge is -2.15. The Hall–Kier alpha value is -2.86. The summed E-state index contributed by atoms with van der Waals surface area (Å²) in [5.74, 6) is 0.807. The number of ether oxygens (including phenoxy) is 1. The molecule has 1 N–H and O–H groups in total. The van der Waals surface area contributed by atoms with E-state index in [1.54, 1.807) is 36.4 Å². The van der Waals surface area contributed by atoms with E-state index in [0.717, 1.165) is 11.1 Å². The minimum Gasteiger partial charge on any atom is -0.484 e. The summed E-state index contributed by atoms with van der Waals surface area (Å²) in [6, 6.07) is 14.3. The third-order valence-corrected chi connectivity index (χ3v) is 3.83. The van der Waals surface area contributed by atoms with Crippen LogP contribution in [0.1, 0.15) is 18.5 Å². The highest BCUT2D eigenvalue weighted by atomic mass is 35.5. The van der Waals surface area contributed by atoms with Crippen LogP contribution in [0.3, 0.4) is 0 Å². The second-order valence-corrected chi connectivity index (χ2v) is 5.83. The van der Waals surface area contributed by atoms with Crippen LogP contribution < -0.4 is 10.1 Å². The lowest BCUT2D eigenvalue weighted by molar-refractivity contribution is -0.123. The summed E-state index contributed by atoms with van der Waals surface area (Å²) < 4.78 is 10.6. The van der Waals surface area contributed by atoms with Crippen molar-refractivity contribution in [3.63, 3.8) is 0 Å². The fraction of sp³-hybridized carbons (Fsp3) is 0.167. The molecule has 0 bridgehead atoms. The molecule has 1 unspecified atom stereocenters. The molecule has 128 valence electrons. The van der Waals surface area contributed by atoms with E-state index in [2.05, 4.69) is 15.5 Å². The Kier molecular flexibility index (Phi) is 5.30. The van der Waals surface area contributed by atoms with Gasteiger partial charge in [0, 0.05) is 10.6 Å². The van der Waals surface area contributed by atoms with Gasteiger partial charge in [0.1, 0.15) is 5.75 Å². The summed E-state index contributed by atoms with van der Waals surface area (Å²) in [7, 11) is 0. The summed E-state index contributed by atoms with van der Waals surface area (Å²) in [6.45, 7) is 1.83. The second kappa shape index (κ2) is 7.81. The van der Waals surface area contributed by atoms with Crippen LogP contribution in [0.5, 0.6) is 5.75 Å². The standard InChI is InChI=1S/C18H16ClN3O3/c1-12(13-2-6-15(19)7-3-13)21-17(23)10-24-16-8-4-14(5-9-16)18-22-20-11-25-18/h2-9,11-12H,10H2,1H3,(H,21,23). The Bertz CT molecular complexity index is 818.